The van der Waals surface area contributed by atoms with Crippen molar-refractivity contribution in [2.24, 2.45) is 0 Å². The fourth-order valence-corrected chi connectivity index (χ4v) is 4.42. The number of benzene rings is 1. The zero-order valence-electron chi connectivity index (χ0n) is 13.5. The molecule has 124 valence electrons. The number of nitrogens with one attached hydrogen (secondary N) is 1. The van der Waals surface area contributed by atoms with Gasteiger partial charge in [0.2, 0.25) is 5.91 Å². The van der Waals surface area contributed by atoms with Crippen LogP contribution in [0.2, 0.25) is 0 Å². The smallest absolute Gasteiger partial charge is 0.254 e. The lowest BCUT2D eigenvalue weighted by atomic mass is 10.1. The molecule has 1 saturated heterocycles. The minimum Gasteiger partial charge on any atom is -0.364 e. The van der Waals surface area contributed by atoms with Gasteiger partial charge in [0.05, 0.1) is 24.0 Å². The first-order valence-corrected chi connectivity index (χ1v) is 9.01. The molecule has 4 rings (SSSR count). The van der Waals surface area contributed by atoms with E-state index in [0.717, 1.165) is 25.1 Å². The highest BCUT2D eigenvalue weighted by Gasteiger charge is 2.32. The third-order valence-corrected chi connectivity index (χ3v) is 5.67. The van der Waals surface area contributed by atoms with Crippen molar-refractivity contribution in [1.29, 1.82) is 0 Å². The first-order chi connectivity index (χ1) is 11.6. The topological polar surface area (TPSA) is 52.7 Å². The molecule has 1 aromatic heterocycles. The van der Waals surface area contributed by atoms with E-state index < -0.39 is 0 Å². The number of nitrogens with zero attached hydrogens (tertiary/aromatic N) is 2. The minimum atomic E-state index is -0.0489. The number of fused-ring (bicyclic) bond motifs is 1. The first-order valence-electron chi connectivity index (χ1n) is 8.13. The summed E-state index contributed by atoms with van der Waals surface area (Å²) in [6.07, 6.45) is 2.04. The molecule has 0 bridgehead atoms. The molecule has 2 aromatic rings. The second-order valence-electron chi connectivity index (χ2n) is 6.31. The second-order valence-corrected chi connectivity index (χ2v) is 7.29. The van der Waals surface area contributed by atoms with Crippen LogP contribution in [0, 0.1) is 0 Å². The van der Waals surface area contributed by atoms with Crippen LogP contribution in [0.3, 0.4) is 0 Å². The van der Waals surface area contributed by atoms with Crippen LogP contribution < -0.4 is 10.2 Å². The van der Waals surface area contributed by atoms with Crippen LogP contribution in [0.5, 0.6) is 0 Å². The molecule has 1 atom stereocenters. The Morgan fingerprint density at radius 2 is 2.21 bits per heavy atom. The third kappa shape index (κ3) is 2.57. The number of thiophene rings is 1. The van der Waals surface area contributed by atoms with Crippen LogP contribution in [-0.2, 0) is 4.79 Å². The molecule has 2 aliphatic heterocycles. The Morgan fingerprint density at radius 1 is 1.33 bits per heavy atom. The third-order valence-electron chi connectivity index (χ3n) is 4.69. The predicted octanol–water partition coefficient (Wildman–Crippen LogP) is 3.11. The molecular weight excluding hydrogens is 322 g/mol. The molecule has 5 nitrogen and oxygen atoms in total. The summed E-state index contributed by atoms with van der Waals surface area (Å²) in [6.45, 7) is 1.12. The second kappa shape index (κ2) is 5.94. The van der Waals surface area contributed by atoms with E-state index in [0.29, 0.717) is 17.8 Å². The van der Waals surface area contributed by atoms with Crippen molar-refractivity contribution in [3.05, 3.63) is 46.2 Å². The van der Waals surface area contributed by atoms with Gasteiger partial charge in [0.15, 0.2) is 0 Å². The summed E-state index contributed by atoms with van der Waals surface area (Å²) < 4.78 is 0. The van der Waals surface area contributed by atoms with E-state index in [2.05, 4.69) is 16.8 Å². The standard InChI is InChI=1S/C18H19N3O2S/c1-20-11-17(22)19-13-10-12(6-7-14(13)20)18(23)21-8-2-4-15(21)16-5-3-9-24-16/h3,5-7,9-10,15H,2,4,8,11H2,1H3,(H,19,22)/t15-/m1/s1. The number of carbonyl (C=O) groups is 2. The molecular formula is C18H19N3O2S. The zero-order chi connectivity index (χ0) is 16.7. The number of rotatable bonds is 2. The Labute approximate surface area is 144 Å². The largest absolute Gasteiger partial charge is 0.364 e. The van der Waals surface area contributed by atoms with Crippen LogP contribution >= 0.6 is 11.3 Å². The summed E-state index contributed by atoms with van der Waals surface area (Å²) in [7, 11) is 1.88. The summed E-state index contributed by atoms with van der Waals surface area (Å²) in [5.41, 5.74) is 2.29. The van der Waals surface area contributed by atoms with Gasteiger partial charge in [0.25, 0.3) is 5.91 Å². The lowest BCUT2D eigenvalue weighted by molar-refractivity contribution is -0.115. The number of likely N-dealkylation sites (N-methyl/N-ethyl adjacent to an activating group) is 1. The van der Waals surface area contributed by atoms with Crippen molar-refractivity contribution in [2.75, 3.05) is 30.4 Å². The predicted molar refractivity (Wildman–Crippen MR) is 95.7 cm³/mol. The molecule has 2 amide bonds. The van der Waals surface area contributed by atoms with Crippen LogP contribution in [0.25, 0.3) is 0 Å². The van der Waals surface area contributed by atoms with E-state index in [1.54, 1.807) is 17.4 Å². The van der Waals surface area contributed by atoms with E-state index in [9.17, 15) is 9.59 Å². The fourth-order valence-electron chi connectivity index (χ4n) is 3.54. The van der Waals surface area contributed by atoms with Crippen LogP contribution in [0.4, 0.5) is 11.4 Å². The van der Waals surface area contributed by atoms with Gasteiger partial charge in [-0.2, -0.15) is 0 Å². The Balaban J connectivity index is 1.63. The van der Waals surface area contributed by atoms with Crippen LogP contribution in [0.1, 0.15) is 34.1 Å². The normalized spacial score (nSPS) is 20.0. The summed E-state index contributed by atoms with van der Waals surface area (Å²) in [5.74, 6) is -0.0107. The van der Waals surface area contributed by atoms with E-state index in [1.165, 1.54) is 4.88 Å². The van der Waals surface area contributed by atoms with Crippen molar-refractivity contribution in [1.82, 2.24) is 4.90 Å². The molecule has 6 heteroatoms. The van der Waals surface area contributed by atoms with Gasteiger partial charge in [-0.3, -0.25) is 9.59 Å². The summed E-state index contributed by atoms with van der Waals surface area (Å²) in [5, 5.41) is 4.92. The Bertz CT molecular complexity index is 788. The van der Waals surface area contributed by atoms with Gasteiger partial charge >= 0.3 is 0 Å². The summed E-state index contributed by atoms with van der Waals surface area (Å²) in [6, 6.07) is 9.88. The van der Waals surface area contributed by atoms with Gasteiger partial charge in [0.1, 0.15) is 0 Å². The quantitative estimate of drug-likeness (QED) is 0.913. The van der Waals surface area contributed by atoms with Gasteiger partial charge in [-0.25, -0.2) is 0 Å². The van der Waals surface area contributed by atoms with Crippen molar-refractivity contribution in [3.63, 3.8) is 0 Å². The van der Waals surface area contributed by atoms with Crippen molar-refractivity contribution < 1.29 is 9.59 Å². The molecule has 1 fully saturated rings. The molecule has 0 saturated carbocycles. The maximum Gasteiger partial charge on any atom is 0.254 e. The molecule has 0 spiro atoms. The van der Waals surface area contributed by atoms with Gasteiger partial charge in [-0.05, 0) is 42.5 Å². The van der Waals surface area contributed by atoms with Crippen molar-refractivity contribution >= 4 is 34.5 Å². The van der Waals surface area contributed by atoms with Gasteiger partial charge in [-0.15, -0.1) is 11.3 Å². The number of carbonyl (C=O) groups excluding carboxylic acids is 2. The first kappa shape index (κ1) is 15.2. The molecule has 0 radical (unpaired) electrons. The summed E-state index contributed by atoms with van der Waals surface area (Å²) >= 11 is 1.70. The lowest BCUT2D eigenvalue weighted by Crippen LogP contribution is -2.36. The number of anilines is 2. The lowest BCUT2D eigenvalue weighted by Gasteiger charge is -2.28. The highest BCUT2D eigenvalue weighted by atomic mass is 32.1. The van der Waals surface area contributed by atoms with Crippen LogP contribution in [0.15, 0.2) is 35.7 Å². The van der Waals surface area contributed by atoms with Crippen molar-refractivity contribution in [3.8, 4) is 0 Å². The number of hydrogen-bond donors (Lipinski definition) is 1. The zero-order valence-corrected chi connectivity index (χ0v) is 14.3. The van der Waals surface area contributed by atoms with E-state index in [-0.39, 0.29) is 17.9 Å². The fraction of sp³-hybridized carbons (Fsp3) is 0.333. The molecule has 24 heavy (non-hydrogen) atoms. The number of amides is 2. The maximum atomic E-state index is 13.0. The minimum absolute atomic E-state index is 0.0381. The molecule has 1 N–H and O–H groups in total. The molecule has 0 aliphatic carbocycles. The van der Waals surface area contributed by atoms with Gasteiger partial charge in [0, 0.05) is 24.0 Å². The molecule has 2 aliphatic rings. The number of likely N-dealkylation sites (tertiary alicyclic amines) is 1. The highest BCUT2D eigenvalue weighted by molar-refractivity contribution is 7.10. The summed E-state index contributed by atoms with van der Waals surface area (Å²) in [4.78, 5) is 29.8. The Hall–Kier alpha value is -2.34. The van der Waals surface area contributed by atoms with Gasteiger partial charge in [-0.1, -0.05) is 6.07 Å². The Morgan fingerprint density at radius 3 is 3.00 bits per heavy atom. The van der Waals surface area contributed by atoms with Crippen molar-refractivity contribution in [2.45, 2.75) is 18.9 Å². The van der Waals surface area contributed by atoms with Gasteiger partial charge < -0.3 is 15.1 Å². The average molecular weight is 341 g/mol. The average Bonchev–Trinajstić information content (AvgIpc) is 3.24. The highest BCUT2D eigenvalue weighted by Crippen LogP contribution is 2.36. The van der Waals surface area contributed by atoms with Crippen LogP contribution in [-0.4, -0.2) is 36.9 Å². The number of hydrogen-bond acceptors (Lipinski definition) is 4. The molecule has 0 unspecified atom stereocenters. The monoisotopic (exact) mass is 341 g/mol. The Kier molecular flexibility index (Phi) is 3.76. The molecule has 3 heterocycles. The van der Waals surface area contributed by atoms with E-state index >= 15 is 0 Å². The van der Waals surface area contributed by atoms with E-state index in [4.69, 9.17) is 0 Å². The maximum absolute atomic E-state index is 13.0. The molecule has 1 aromatic carbocycles. The van der Waals surface area contributed by atoms with E-state index in [1.807, 2.05) is 35.0 Å². The SMILES string of the molecule is CN1CC(=O)Nc2cc(C(=O)N3CCC[C@@H]3c3cccs3)ccc21.